The first kappa shape index (κ1) is 15.6. The van der Waals surface area contributed by atoms with Gasteiger partial charge in [0, 0.05) is 11.9 Å². The summed E-state index contributed by atoms with van der Waals surface area (Å²) in [6.45, 7) is 1.70. The maximum absolute atomic E-state index is 12.8. The number of nitrogens with zero attached hydrogens (tertiary/aromatic N) is 1. The third-order valence-corrected chi connectivity index (χ3v) is 3.18. The molecule has 0 bridgehead atoms. The van der Waals surface area contributed by atoms with Crippen LogP contribution >= 0.6 is 0 Å². The molecule has 0 saturated heterocycles. The summed E-state index contributed by atoms with van der Waals surface area (Å²) in [6, 6.07) is 8.60. The number of halogens is 1. The molecular weight excluding hydrogens is 287 g/mol. The number of amides is 1. The first-order chi connectivity index (χ1) is 10.5. The second-order valence-electron chi connectivity index (χ2n) is 4.68. The van der Waals surface area contributed by atoms with Crippen molar-refractivity contribution in [3.63, 3.8) is 0 Å². The lowest BCUT2D eigenvalue weighted by Gasteiger charge is -2.09. The van der Waals surface area contributed by atoms with Gasteiger partial charge >= 0.3 is 5.97 Å². The van der Waals surface area contributed by atoms with E-state index in [1.54, 1.807) is 13.0 Å². The highest BCUT2D eigenvalue weighted by Crippen LogP contribution is 2.16. The van der Waals surface area contributed by atoms with Crippen molar-refractivity contribution < 1.29 is 18.7 Å². The summed E-state index contributed by atoms with van der Waals surface area (Å²) in [6.07, 6.45) is 1.46. The van der Waals surface area contributed by atoms with Crippen LogP contribution in [0.5, 0.6) is 0 Å². The molecule has 2 rings (SSSR count). The Bertz CT molecular complexity index is 669. The van der Waals surface area contributed by atoms with Crippen molar-refractivity contribution in [2.45, 2.75) is 12.8 Å². The molecular formula is C16H15FN2O3. The van der Waals surface area contributed by atoms with Gasteiger partial charge in [0.2, 0.25) is 0 Å². The smallest absolute Gasteiger partial charge is 0.312 e. The minimum absolute atomic E-state index is 0.199. The first-order valence-corrected chi connectivity index (χ1v) is 6.62. The molecule has 6 heteroatoms. The van der Waals surface area contributed by atoms with Crippen LogP contribution in [0.15, 0.2) is 42.6 Å². The third kappa shape index (κ3) is 3.66. The lowest BCUT2D eigenvalue weighted by Crippen LogP contribution is -2.15. The Labute approximate surface area is 127 Å². The molecule has 1 heterocycles. The Balaban J connectivity index is 2.08. The van der Waals surface area contributed by atoms with Crippen LogP contribution in [-0.2, 0) is 9.53 Å². The van der Waals surface area contributed by atoms with Crippen molar-refractivity contribution in [1.82, 2.24) is 4.98 Å². The van der Waals surface area contributed by atoms with Crippen LogP contribution in [0.2, 0.25) is 0 Å². The summed E-state index contributed by atoms with van der Waals surface area (Å²) in [5.41, 5.74) is 1.33. The van der Waals surface area contributed by atoms with E-state index in [-0.39, 0.29) is 17.5 Å². The molecule has 0 unspecified atom stereocenters. The maximum atomic E-state index is 12.8. The van der Waals surface area contributed by atoms with Crippen LogP contribution in [0, 0.1) is 5.82 Å². The third-order valence-electron chi connectivity index (χ3n) is 3.18. The van der Waals surface area contributed by atoms with Crippen molar-refractivity contribution >= 4 is 17.6 Å². The van der Waals surface area contributed by atoms with Gasteiger partial charge in [-0.25, -0.2) is 4.39 Å². The van der Waals surface area contributed by atoms with Gasteiger partial charge in [0.25, 0.3) is 5.91 Å². The molecule has 2 aromatic rings. The van der Waals surface area contributed by atoms with Gasteiger partial charge in [-0.3, -0.25) is 14.6 Å². The molecule has 1 atom stereocenters. The van der Waals surface area contributed by atoms with E-state index in [1.165, 1.54) is 43.6 Å². The van der Waals surface area contributed by atoms with Gasteiger partial charge < -0.3 is 10.1 Å². The highest BCUT2D eigenvalue weighted by molar-refractivity contribution is 6.02. The highest BCUT2D eigenvalue weighted by atomic mass is 19.1. The maximum Gasteiger partial charge on any atom is 0.312 e. The van der Waals surface area contributed by atoms with Gasteiger partial charge in [-0.05, 0) is 42.8 Å². The highest BCUT2D eigenvalue weighted by Gasteiger charge is 2.16. The Morgan fingerprint density at radius 2 is 1.86 bits per heavy atom. The van der Waals surface area contributed by atoms with Crippen molar-refractivity contribution in [1.29, 1.82) is 0 Å². The number of rotatable bonds is 4. The van der Waals surface area contributed by atoms with Gasteiger partial charge in [-0.1, -0.05) is 6.07 Å². The molecule has 0 radical (unpaired) electrons. The van der Waals surface area contributed by atoms with E-state index in [0.717, 1.165) is 0 Å². The predicted octanol–water partition coefficient (Wildman–Crippen LogP) is 2.75. The van der Waals surface area contributed by atoms with Crippen LogP contribution in [-0.4, -0.2) is 24.0 Å². The average Bonchev–Trinajstić information content (AvgIpc) is 2.55. The van der Waals surface area contributed by atoms with Gasteiger partial charge in [0.1, 0.15) is 11.5 Å². The Morgan fingerprint density at radius 1 is 1.18 bits per heavy atom. The van der Waals surface area contributed by atoms with Crippen molar-refractivity contribution in [2.75, 3.05) is 12.4 Å². The lowest BCUT2D eigenvalue weighted by atomic mass is 10.0. The van der Waals surface area contributed by atoms with Crippen LogP contribution in [0.1, 0.15) is 28.9 Å². The number of hydrogen-bond acceptors (Lipinski definition) is 4. The molecule has 0 aliphatic heterocycles. The van der Waals surface area contributed by atoms with E-state index in [9.17, 15) is 14.0 Å². The molecule has 1 N–H and O–H groups in total. The van der Waals surface area contributed by atoms with Crippen LogP contribution in [0.25, 0.3) is 0 Å². The van der Waals surface area contributed by atoms with Crippen molar-refractivity contribution in [3.05, 3.63) is 59.7 Å². The fraction of sp³-hybridized carbons (Fsp3) is 0.188. The molecule has 0 spiro atoms. The molecule has 1 aromatic heterocycles. The Hall–Kier alpha value is -2.76. The fourth-order valence-corrected chi connectivity index (χ4v) is 1.84. The fourth-order valence-electron chi connectivity index (χ4n) is 1.84. The minimum Gasteiger partial charge on any atom is -0.469 e. The summed E-state index contributed by atoms with van der Waals surface area (Å²) in [5, 5.41) is 2.61. The van der Waals surface area contributed by atoms with Crippen LogP contribution in [0.3, 0.4) is 0 Å². The number of aromatic nitrogens is 1. The van der Waals surface area contributed by atoms with E-state index in [1.807, 2.05) is 0 Å². The monoisotopic (exact) mass is 302 g/mol. The molecule has 1 aromatic carbocycles. The summed E-state index contributed by atoms with van der Waals surface area (Å²) >= 11 is 0. The summed E-state index contributed by atoms with van der Waals surface area (Å²) in [5.74, 6) is -1.61. The quantitative estimate of drug-likeness (QED) is 0.882. The first-order valence-electron chi connectivity index (χ1n) is 6.62. The number of pyridine rings is 1. The minimum atomic E-state index is -0.452. The second kappa shape index (κ2) is 6.80. The van der Waals surface area contributed by atoms with E-state index in [2.05, 4.69) is 15.0 Å². The van der Waals surface area contributed by atoms with Crippen molar-refractivity contribution in [2.24, 2.45) is 0 Å². The SMILES string of the molecule is COC(=O)[C@@H](C)c1ccc(C(=O)Nc2ccc(F)cc2)nc1. The van der Waals surface area contributed by atoms with Crippen LogP contribution in [0.4, 0.5) is 10.1 Å². The summed E-state index contributed by atoms with van der Waals surface area (Å²) in [4.78, 5) is 27.5. The number of methoxy groups -OCH3 is 1. The lowest BCUT2D eigenvalue weighted by molar-refractivity contribution is -0.142. The predicted molar refractivity (Wildman–Crippen MR) is 79.0 cm³/mol. The Morgan fingerprint density at radius 3 is 2.41 bits per heavy atom. The van der Waals surface area contributed by atoms with Crippen molar-refractivity contribution in [3.8, 4) is 0 Å². The van der Waals surface area contributed by atoms with E-state index < -0.39 is 11.8 Å². The Kier molecular flexibility index (Phi) is 4.83. The molecule has 0 fully saturated rings. The van der Waals surface area contributed by atoms with E-state index >= 15 is 0 Å². The molecule has 0 saturated carbocycles. The van der Waals surface area contributed by atoms with E-state index in [4.69, 9.17) is 0 Å². The zero-order valence-electron chi connectivity index (χ0n) is 12.2. The zero-order valence-corrected chi connectivity index (χ0v) is 12.2. The molecule has 1 amide bonds. The number of carbonyl (C=O) groups is 2. The second-order valence-corrected chi connectivity index (χ2v) is 4.68. The average molecular weight is 302 g/mol. The largest absolute Gasteiger partial charge is 0.469 e. The zero-order chi connectivity index (χ0) is 16.1. The molecule has 114 valence electrons. The molecule has 5 nitrogen and oxygen atoms in total. The van der Waals surface area contributed by atoms with Gasteiger partial charge in [0.15, 0.2) is 0 Å². The number of carbonyl (C=O) groups excluding carboxylic acids is 2. The number of nitrogens with one attached hydrogen (secondary N) is 1. The van der Waals surface area contributed by atoms with Gasteiger partial charge in [0.05, 0.1) is 13.0 Å². The summed E-state index contributed by atoms with van der Waals surface area (Å²) in [7, 11) is 1.32. The number of anilines is 1. The van der Waals surface area contributed by atoms with Gasteiger partial charge in [-0.2, -0.15) is 0 Å². The number of hydrogen-bond donors (Lipinski definition) is 1. The van der Waals surface area contributed by atoms with E-state index in [0.29, 0.717) is 11.3 Å². The topological polar surface area (TPSA) is 68.3 Å². The standard InChI is InChI=1S/C16H15FN2O3/c1-10(16(21)22-2)11-3-8-14(18-9-11)15(20)19-13-6-4-12(17)5-7-13/h3-10H,1-2H3,(H,19,20)/t10-/m0/s1. The summed E-state index contributed by atoms with van der Waals surface area (Å²) < 4.78 is 17.5. The number of esters is 1. The molecule has 0 aliphatic rings. The van der Waals surface area contributed by atoms with Crippen LogP contribution < -0.4 is 5.32 Å². The number of ether oxygens (including phenoxy) is 1. The normalized spacial score (nSPS) is 11.6. The molecule has 22 heavy (non-hydrogen) atoms. The molecule has 0 aliphatic carbocycles. The van der Waals surface area contributed by atoms with Gasteiger partial charge in [-0.15, -0.1) is 0 Å². The number of benzene rings is 1.